The number of nitrogens with zero attached hydrogens (tertiary/aromatic N) is 3. The van der Waals surface area contributed by atoms with Gasteiger partial charge >= 0.3 is 0 Å². The summed E-state index contributed by atoms with van der Waals surface area (Å²) >= 11 is 0. The van der Waals surface area contributed by atoms with Gasteiger partial charge in [0.1, 0.15) is 5.52 Å². The first-order chi connectivity index (χ1) is 13.1. The molecule has 2 aromatic heterocycles. The number of benzene rings is 2. The van der Waals surface area contributed by atoms with Gasteiger partial charge in [0.2, 0.25) is 0 Å². The van der Waals surface area contributed by atoms with Crippen LogP contribution >= 0.6 is 0 Å². The Bertz CT molecular complexity index is 1150. The zero-order valence-corrected chi connectivity index (χ0v) is 15.4. The van der Waals surface area contributed by atoms with Crippen molar-refractivity contribution in [2.24, 2.45) is 7.05 Å². The van der Waals surface area contributed by atoms with Crippen molar-refractivity contribution in [3.63, 3.8) is 0 Å². The molecule has 1 saturated heterocycles. The molecule has 1 N–H and O–H groups in total. The van der Waals surface area contributed by atoms with Gasteiger partial charge in [-0.25, -0.2) is 9.37 Å². The summed E-state index contributed by atoms with van der Waals surface area (Å²) in [6, 6.07) is 7.53. The number of piperidine rings is 1. The molecule has 5 rings (SSSR count). The van der Waals surface area contributed by atoms with Crippen molar-refractivity contribution in [3.05, 3.63) is 47.7 Å². The standard InChI is InChI=1S/C21H21FN4O/c1-12-7-14(8-16-11-26(2)25-19(12)16)15-9-17(22)20-18(10-15)27-21(24-20)13-3-5-23-6-4-13/h7-11,13,23H,3-6H2,1-2H3. The molecule has 5 nitrogen and oxygen atoms in total. The Balaban J connectivity index is 1.61. The van der Waals surface area contributed by atoms with Gasteiger partial charge in [-0.15, -0.1) is 0 Å². The van der Waals surface area contributed by atoms with E-state index in [0.717, 1.165) is 53.5 Å². The van der Waals surface area contributed by atoms with Crippen LogP contribution in [0.25, 0.3) is 33.1 Å². The predicted octanol–water partition coefficient (Wildman–Crippen LogP) is 4.30. The van der Waals surface area contributed by atoms with Crippen LogP contribution in [-0.2, 0) is 7.05 Å². The average Bonchev–Trinajstić information content (AvgIpc) is 3.26. The molecule has 27 heavy (non-hydrogen) atoms. The molecule has 0 radical (unpaired) electrons. The topological polar surface area (TPSA) is 55.9 Å². The average molecular weight is 364 g/mol. The van der Waals surface area contributed by atoms with Crippen molar-refractivity contribution in [2.75, 3.05) is 13.1 Å². The van der Waals surface area contributed by atoms with E-state index in [1.54, 1.807) is 10.7 Å². The lowest BCUT2D eigenvalue weighted by Gasteiger charge is -2.19. The summed E-state index contributed by atoms with van der Waals surface area (Å²) in [6.45, 7) is 3.92. The number of aryl methyl sites for hydroxylation is 2. The first-order valence-corrected chi connectivity index (χ1v) is 9.33. The number of rotatable bonds is 2. The van der Waals surface area contributed by atoms with Crippen LogP contribution in [0.3, 0.4) is 0 Å². The van der Waals surface area contributed by atoms with Crippen LogP contribution in [0.1, 0.15) is 30.2 Å². The van der Waals surface area contributed by atoms with Gasteiger partial charge in [0.15, 0.2) is 17.3 Å². The van der Waals surface area contributed by atoms with Crippen LogP contribution in [-0.4, -0.2) is 27.9 Å². The number of halogens is 1. The van der Waals surface area contributed by atoms with Gasteiger partial charge in [-0.2, -0.15) is 5.10 Å². The number of hydrogen-bond donors (Lipinski definition) is 1. The van der Waals surface area contributed by atoms with Crippen LogP contribution in [0, 0.1) is 12.7 Å². The van der Waals surface area contributed by atoms with Crippen molar-refractivity contribution < 1.29 is 8.81 Å². The summed E-state index contributed by atoms with van der Waals surface area (Å²) in [5, 5.41) is 8.85. The second-order valence-electron chi connectivity index (χ2n) is 7.41. The van der Waals surface area contributed by atoms with E-state index >= 15 is 0 Å². The summed E-state index contributed by atoms with van der Waals surface area (Å²) in [7, 11) is 1.90. The molecule has 138 valence electrons. The third-order valence-electron chi connectivity index (χ3n) is 5.40. The van der Waals surface area contributed by atoms with E-state index in [1.165, 1.54) is 0 Å². The van der Waals surface area contributed by atoms with Gasteiger partial charge in [0, 0.05) is 24.5 Å². The second kappa shape index (κ2) is 6.16. The minimum atomic E-state index is -0.338. The SMILES string of the molecule is Cc1cc(-c2cc(F)c3nc(C4CCNCC4)oc3c2)cc2cn(C)nc12. The van der Waals surface area contributed by atoms with Crippen LogP contribution in [0.15, 0.2) is 34.9 Å². The van der Waals surface area contributed by atoms with Gasteiger partial charge in [-0.05, 0) is 73.8 Å². The fourth-order valence-electron chi connectivity index (χ4n) is 4.01. The summed E-state index contributed by atoms with van der Waals surface area (Å²) in [6.07, 6.45) is 3.92. The van der Waals surface area contributed by atoms with E-state index < -0.39 is 0 Å². The van der Waals surface area contributed by atoms with Crippen LogP contribution in [0.5, 0.6) is 0 Å². The summed E-state index contributed by atoms with van der Waals surface area (Å²) < 4.78 is 22.6. The van der Waals surface area contributed by atoms with Crippen LogP contribution < -0.4 is 5.32 Å². The monoisotopic (exact) mass is 364 g/mol. The molecule has 0 amide bonds. The molecule has 3 heterocycles. The summed E-state index contributed by atoms with van der Waals surface area (Å²) in [5.41, 5.74) is 4.62. The lowest BCUT2D eigenvalue weighted by molar-refractivity contribution is 0.385. The lowest BCUT2D eigenvalue weighted by atomic mass is 9.98. The van der Waals surface area contributed by atoms with Crippen molar-refractivity contribution >= 4 is 22.0 Å². The van der Waals surface area contributed by atoms with E-state index in [1.807, 2.05) is 38.4 Å². The second-order valence-corrected chi connectivity index (χ2v) is 7.41. The predicted molar refractivity (Wildman–Crippen MR) is 103 cm³/mol. The lowest BCUT2D eigenvalue weighted by Crippen LogP contribution is -2.26. The first-order valence-electron chi connectivity index (χ1n) is 9.33. The summed E-state index contributed by atoms with van der Waals surface area (Å²) in [5.74, 6) is 0.576. The Morgan fingerprint density at radius 2 is 1.89 bits per heavy atom. The Morgan fingerprint density at radius 3 is 2.70 bits per heavy atom. The Hall–Kier alpha value is -2.73. The molecular formula is C21H21FN4O. The number of hydrogen-bond acceptors (Lipinski definition) is 4. The molecule has 4 aromatic rings. The van der Waals surface area contributed by atoms with E-state index in [9.17, 15) is 4.39 Å². The quantitative estimate of drug-likeness (QED) is 0.576. The smallest absolute Gasteiger partial charge is 0.198 e. The minimum Gasteiger partial charge on any atom is -0.440 e. The molecule has 0 aliphatic carbocycles. The zero-order chi connectivity index (χ0) is 18.5. The molecule has 0 saturated carbocycles. The first kappa shape index (κ1) is 16.4. The highest BCUT2D eigenvalue weighted by atomic mass is 19.1. The maximum absolute atomic E-state index is 14.8. The molecule has 1 fully saturated rings. The molecule has 0 unspecified atom stereocenters. The molecule has 2 aromatic carbocycles. The number of aromatic nitrogens is 3. The third kappa shape index (κ3) is 2.80. The third-order valence-corrected chi connectivity index (χ3v) is 5.40. The molecule has 0 atom stereocenters. The molecule has 6 heteroatoms. The van der Waals surface area contributed by atoms with Gasteiger partial charge in [-0.1, -0.05) is 0 Å². The van der Waals surface area contributed by atoms with E-state index in [2.05, 4.69) is 15.4 Å². The molecule has 1 aliphatic rings. The Morgan fingerprint density at radius 1 is 1.11 bits per heavy atom. The minimum absolute atomic E-state index is 0.260. The number of nitrogens with one attached hydrogen (secondary N) is 1. The molecule has 0 spiro atoms. The Labute approximate surface area is 156 Å². The largest absolute Gasteiger partial charge is 0.440 e. The summed E-state index contributed by atoms with van der Waals surface area (Å²) in [4.78, 5) is 4.46. The fraction of sp³-hybridized carbons (Fsp3) is 0.333. The van der Waals surface area contributed by atoms with E-state index in [-0.39, 0.29) is 11.7 Å². The molecule has 0 bridgehead atoms. The normalized spacial score (nSPS) is 15.8. The van der Waals surface area contributed by atoms with Gasteiger partial charge in [0.25, 0.3) is 0 Å². The van der Waals surface area contributed by atoms with Crippen LogP contribution in [0.2, 0.25) is 0 Å². The number of fused-ring (bicyclic) bond motifs is 2. The maximum atomic E-state index is 14.8. The zero-order valence-electron chi connectivity index (χ0n) is 15.4. The van der Waals surface area contributed by atoms with E-state index in [0.29, 0.717) is 17.0 Å². The van der Waals surface area contributed by atoms with Gasteiger partial charge < -0.3 is 9.73 Å². The molecule has 1 aliphatic heterocycles. The van der Waals surface area contributed by atoms with E-state index in [4.69, 9.17) is 4.42 Å². The van der Waals surface area contributed by atoms with Gasteiger partial charge in [0.05, 0.1) is 5.52 Å². The Kier molecular flexibility index (Phi) is 3.75. The maximum Gasteiger partial charge on any atom is 0.198 e. The van der Waals surface area contributed by atoms with Crippen molar-refractivity contribution in [2.45, 2.75) is 25.7 Å². The van der Waals surface area contributed by atoms with Crippen molar-refractivity contribution in [1.82, 2.24) is 20.1 Å². The van der Waals surface area contributed by atoms with Crippen LogP contribution in [0.4, 0.5) is 4.39 Å². The molecular weight excluding hydrogens is 343 g/mol. The number of oxazole rings is 1. The highest BCUT2D eigenvalue weighted by Gasteiger charge is 2.22. The van der Waals surface area contributed by atoms with Gasteiger partial charge in [-0.3, -0.25) is 4.68 Å². The highest BCUT2D eigenvalue weighted by molar-refractivity contribution is 5.89. The van der Waals surface area contributed by atoms with Crippen molar-refractivity contribution in [3.8, 4) is 11.1 Å². The van der Waals surface area contributed by atoms with Crippen molar-refractivity contribution in [1.29, 1.82) is 0 Å². The fourth-order valence-corrected chi connectivity index (χ4v) is 4.01. The highest BCUT2D eigenvalue weighted by Crippen LogP contribution is 2.33.